The highest BCUT2D eigenvalue weighted by Crippen LogP contribution is 2.28. The Bertz CT molecular complexity index is 665. The van der Waals surface area contributed by atoms with Crippen molar-refractivity contribution in [2.45, 2.75) is 50.2 Å². The molecule has 2 aromatic carbocycles. The highest BCUT2D eigenvalue weighted by atomic mass is 32.2. The second-order valence-electron chi connectivity index (χ2n) is 6.12. The van der Waals surface area contributed by atoms with E-state index < -0.39 is 0 Å². The third-order valence-electron chi connectivity index (χ3n) is 3.99. The zero-order valence-corrected chi connectivity index (χ0v) is 16.7. The van der Waals surface area contributed by atoms with Crippen LogP contribution in [0.3, 0.4) is 0 Å². The number of rotatable bonds is 10. The van der Waals surface area contributed by atoms with Crippen LogP contribution in [0.2, 0.25) is 0 Å². The smallest absolute Gasteiger partial charge is 0.319 e. The number of thioether (sulfide) groups is 1. The number of hydrogen-bond acceptors (Lipinski definition) is 4. The van der Waals surface area contributed by atoms with Crippen molar-refractivity contribution in [2.75, 3.05) is 13.2 Å². The van der Waals surface area contributed by atoms with Crippen LogP contribution in [-0.2, 0) is 9.53 Å². The standard InChI is InChI=1S/C22H28O3S/c1-4-6-7-16-25-20-12-8-18(9-13-20)19-10-14-21(15-11-19)26-17(3)22(23)24-5-2/h8-15,17H,4-7,16H2,1-3H3/t17-/m1/s1. The Balaban J connectivity index is 1.92. The van der Waals surface area contributed by atoms with Crippen molar-refractivity contribution >= 4 is 17.7 Å². The molecule has 0 unspecified atom stereocenters. The van der Waals surface area contributed by atoms with Crippen LogP contribution in [-0.4, -0.2) is 24.4 Å². The van der Waals surface area contributed by atoms with Crippen LogP contribution in [0.25, 0.3) is 11.1 Å². The largest absolute Gasteiger partial charge is 0.494 e. The SMILES string of the molecule is CCCCCOc1ccc(-c2ccc(S[C@H](C)C(=O)OCC)cc2)cc1. The molecule has 2 aromatic rings. The molecule has 0 bridgehead atoms. The first-order valence-electron chi connectivity index (χ1n) is 9.30. The van der Waals surface area contributed by atoms with Crippen molar-refractivity contribution < 1.29 is 14.3 Å². The molecule has 0 spiro atoms. The van der Waals surface area contributed by atoms with E-state index in [9.17, 15) is 4.79 Å². The van der Waals surface area contributed by atoms with Gasteiger partial charge in [-0.15, -0.1) is 11.8 Å². The highest BCUT2D eigenvalue weighted by Gasteiger charge is 2.15. The van der Waals surface area contributed by atoms with Gasteiger partial charge in [-0.25, -0.2) is 0 Å². The summed E-state index contributed by atoms with van der Waals surface area (Å²) in [4.78, 5) is 12.8. The second kappa shape index (κ2) is 10.9. The zero-order chi connectivity index (χ0) is 18.8. The molecule has 0 aliphatic rings. The minimum atomic E-state index is -0.204. The van der Waals surface area contributed by atoms with Gasteiger partial charge in [0.1, 0.15) is 11.0 Å². The quantitative estimate of drug-likeness (QED) is 0.292. The Morgan fingerprint density at radius 3 is 2.15 bits per heavy atom. The second-order valence-corrected chi connectivity index (χ2v) is 7.53. The van der Waals surface area contributed by atoms with Crippen molar-refractivity contribution in [3.8, 4) is 16.9 Å². The maximum atomic E-state index is 11.7. The van der Waals surface area contributed by atoms with Gasteiger partial charge in [-0.1, -0.05) is 44.0 Å². The molecule has 0 aliphatic heterocycles. The van der Waals surface area contributed by atoms with Gasteiger partial charge in [-0.2, -0.15) is 0 Å². The Kier molecular flexibility index (Phi) is 8.56. The molecule has 0 radical (unpaired) electrons. The number of benzene rings is 2. The van der Waals surface area contributed by atoms with E-state index in [0.717, 1.165) is 34.8 Å². The first-order valence-corrected chi connectivity index (χ1v) is 10.2. The van der Waals surface area contributed by atoms with Crippen molar-refractivity contribution in [1.82, 2.24) is 0 Å². The average molecular weight is 373 g/mol. The van der Waals surface area contributed by atoms with Gasteiger partial charge in [-0.3, -0.25) is 4.79 Å². The molecule has 0 fully saturated rings. The van der Waals surface area contributed by atoms with Gasteiger partial charge >= 0.3 is 5.97 Å². The van der Waals surface area contributed by atoms with Crippen LogP contribution >= 0.6 is 11.8 Å². The fraction of sp³-hybridized carbons (Fsp3) is 0.409. The van der Waals surface area contributed by atoms with Crippen molar-refractivity contribution in [1.29, 1.82) is 0 Å². The molecule has 0 saturated heterocycles. The van der Waals surface area contributed by atoms with E-state index in [2.05, 4.69) is 31.2 Å². The van der Waals surface area contributed by atoms with Crippen LogP contribution < -0.4 is 4.74 Å². The van der Waals surface area contributed by atoms with E-state index in [1.807, 2.05) is 38.1 Å². The number of carbonyl (C=O) groups excluding carboxylic acids is 1. The maximum absolute atomic E-state index is 11.7. The van der Waals surface area contributed by atoms with E-state index in [4.69, 9.17) is 9.47 Å². The van der Waals surface area contributed by atoms with Crippen LogP contribution in [0, 0.1) is 0 Å². The normalized spacial score (nSPS) is 11.8. The van der Waals surface area contributed by atoms with Gasteiger partial charge in [0.05, 0.1) is 13.2 Å². The molecule has 4 heteroatoms. The summed E-state index contributed by atoms with van der Waals surface area (Å²) in [6.45, 7) is 7.08. The topological polar surface area (TPSA) is 35.5 Å². The van der Waals surface area contributed by atoms with Gasteiger partial charge < -0.3 is 9.47 Å². The molecular formula is C22H28O3S. The summed E-state index contributed by atoms with van der Waals surface area (Å²) in [6.07, 6.45) is 3.51. The summed E-state index contributed by atoms with van der Waals surface area (Å²) in [6, 6.07) is 16.5. The molecule has 0 amide bonds. The van der Waals surface area contributed by atoms with E-state index >= 15 is 0 Å². The molecule has 26 heavy (non-hydrogen) atoms. The minimum Gasteiger partial charge on any atom is -0.494 e. The summed E-state index contributed by atoms with van der Waals surface area (Å²) in [7, 11) is 0. The molecule has 1 atom stereocenters. The lowest BCUT2D eigenvalue weighted by Gasteiger charge is -2.11. The van der Waals surface area contributed by atoms with Crippen molar-refractivity contribution in [3.05, 3.63) is 48.5 Å². The van der Waals surface area contributed by atoms with E-state index in [1.165, 1.54) is 24.6 Å². The molecule has 0 aliphatic carbocycles. The highest BCUT2D eigenvalue weighted by molar-refractivity contribution is 8.00. The van der Waals surface area contributed by atoms with Crippen molar-refractivity contribution in [2.24, 2.45) is 0 Å². The third kappa shape index (κ3) is 6.41. The van der Waals surface area contributed by atoms with Gasteiger partial charge in [0, 0.05) is 4.90 Å². The van der Waals surface area contributed by atoms with Crippen LogP contribution in [0.4, 0.5) is 0 Å². The fourth-order valence-electron chi connectivity index (χ4n) is 2.52. The van der Waals surface area contributed by atoms with E-state index in [0.29, 0.717) is 6.61 Å². The summed E-state index contributed by atoms with van der Waals surface area (Å²) < 4.78 is 10.8. The Hall–Kier alpha value is -1.94. The molecule has 3 nitrogen and oxygen atoms in total. The first kappa shape index (κ1) is 20.4. The van der Waals surface area contributed by atoms with Gasteiger partial charge in [0.25, 0.3) is 0 Å². The van der Waals surface area contributed by atoms with Crippen molar-refractivity contribution in [3.63, 3.8) is 0 Å². The number of unbranched alkanes of at least 4 members (excludes halogenated alkanes) is 2. The molecule has 140 valence electrons. The molecular weight excluding hydrogens is 344 g/mol. The van der Waals surface area contributed by atoms with E-state index in [1.54, 1.807) is 0 Å². The molecule has 0 saturated carbocycles. The molecule has 0 aromatic heterocycles. The van der Waals surface area contributed by atoms with Gasteiger partial charge in [-0.05, 0) is 55.7 Å². The van der Waals surface area contributed by atoms with Crippen LogP contribution in [0.5, 0.6) is 5.75 Å². The summed E-state index contributed by atoms with van der Waals surface area (Å²) in [5.41, 5.74) is 2.30. The number of ether oxygens (including phenoxy) is 2. The number of esters is 1. The lowest BCUT2D eigenvalue weighted by Crippen LogP contribution is -2.16. The minimum absolute atomic E-state index is 0.170. The monoisotopic (exact) mass is 372 g/mol. The molecule has 2 rings (SSSR count). The van der Waals surface area contributed by atoms with Crippen LogP contribution in [0.1, 0.15) is 40.0 Å². The Labute approximate surface area is 161 Å². The Morgan fingerprint density at radius 1 is 0.962 bits per heavy atom. The summed E-state index contributed by atoms with van der Waals surface area (Å²) >= 11 is 1.52. The predicted molar refractivity (Wildman–Crippen MR) is 109 cm³/mol. The summed E-state index contributed by atoms with van der Waals surface area (Å²) in [5, 5.41) is -0.204. The maximum Gasteiger partial charge on any atom is 0.319 e. The van der Waals surface area contributed by atoms with Crippen LogP contribution in [0.15, 0.2) is 53.4 Å². The molecule has 0 heterocycles. The average Bonchev–Trinajstić information content (AvgIpc) is 2.66. The van der Waals surface area contributed by atoms with E-state index in [-0.39, 0.29) is 11.2 Å². The third-order valence-corrected chi connectivity index (χ3v) is 5.08. The van der Waals surface area contributed by atoms with Gasteiger partial charge in [0.2, 0.25) is 0 Å². The number of hydrogen-bond donors (Lipinski definition) is 0. The fourth-order valence-corrected chi connectivity index (χ4v) is 3.39. The summed E-state index contributed by atoms with van der Waals surface area (Å²) in [5.74, 6) is 0.747. The first-order chi connectivity index (χ1) is 12.6. The molecule has 0 N–H and O–H groups in total. The zero-order valence-electron chi connectivity index (χ0n) is 15.9. The predicted octanol–water partition coefficient (Wildman–Crippen LogP) is 5.97. The van der Waals surface area contributed by atoms with Gasteiger partial charge in [0.15, 0.2) is 0 Å². The Morgan fingerprint density at radius 2 is 1.58 bits per heavy atom. The lowest BCUT2D eigenvalue weighted by molar-refractivity contribution is -0.142. The lowest BCUT2D eigenvalue weighted by atomic mass is 10.1. The number of carbonyl (C=O) groups is 1.